The molecule has 0 radical (unpaired) electrons. The highest BCUT2D eigenvalue weighted by molar-refractivity contribution is 5.82. The van der Waals surface area contributed by atoms with E-state index in [0.29, 0.717) is 6.54 Å². The number of hydrogen-bond acceptors (Lipinski definition) is 2. The molecule has 3 nitrogen and oxygen atoms in total. The monoisotopic (exact) mass is 264 g/mol. The molecule has 100 valence electrons. The van der Waals surface area contributed by atoms with Crippen LogP contribution in [0.4, 0.5) is 0 Å². The summed E-state index contributed by atoms with van der Waals surface area (Å²) in [5, 5.41) is 0.740. The molecule has 3 rings (SSSR count). The van der Waals surface area contributed by atoms with E-state index >= 15 is 0 Å². The fourth-order valence-electron chi connectivity index (χ4n) is 2.61. The third kappa shape index (κ3) is 1.92. The number of benzene rings is 2. The third-order valence-electron chi connectivity index (χ3n) is 3.67. The molecule has 0 aliphatic heterocycles. The Balaban J connectivity index is 2.38. The molecule has 20 heavy (non-hydrogen) atoms. The zero-order chi connectivity index (χ0) is 14.1. The van der Waals surface area contributed by atoms with Crippen LogP contribution in [0.25, 0.3) is 22.2 Å². The smallest absolute Gasteiger partial charge is 0.190 e. The molecule has 0 atom stereocenters. The summed E-state index contributed by atoms with van der Waals surface area (Å²) in [7, 11) is 1.98. The number of rotatable bonds is 2. The van der Waals surface area contributed by atoms with Crippen molar-refractivity contribution in [2.75, 3.05) is 0 Å². The number of para-hydroxylation sites is 1. The predicted molar refractivity (Wildman–Crippen MR) is 82.5 cm³/mol. The Morgan fingerprint density at radius 1 is 1.05 bits per heavy atom. The second-order valence-electron chi connectivity index (χ2n) is 4.83. The van der Waals surface area contributed by atoms with Crippen LogP contribution in [0.5, 0.6) is 0 Å². The summed E-state index contributed by atoms with van der Waals surface area (Å²) in [6.07, 6.45) is 0. The van der Waals surface area contributed by atoms with Crippen LogP contribution >= 0.6 is 0 Å². The number of nitrogens with zero attached hydrogens (tertiary/aromatic N) is 1. The van der Waals surface area contributed by atoms with Crippen molar-refractivity contribution >= 4 is 10.9 Å². The number of pyridine rings is 1. The van der Waals surface area contributed by atoms with E-state index in [1.165, 1.54) is 0 Å². The zero-order valence-electron chi connectivity index (χ0n) is 11.3. The van der Waals surface area contributed by atoms with E-state index < -0.39 is 0 Å². The molecule has 0 aliphatic carbocycles. The van der Waals surface area contributed by atoms with Crippen LogP contribution in [0.1, 0.15) is 5.56 Å². The van der Waals surface area contributed by atoms with Crippen molar-refractivity contribution in [3.05, 3.63) is 70.4 Å². The predicted octanol–water partition coefficient (Wildman–Crippen LogP) is 2.66. The lowest BCUT2D eigenvalue weighted by molar-refractivity contribution is 0.953. The van der Waals surface area contributed by atoms with E-state index in [9.17, 15) is 4.79 Å². The lowest BCUT2D eigenvalue weighted by Crippen LogP contribution is -2.10. The highest BCUT2D eigenvalue weighted by Gasteiger charge is 2.10. The number of aryl methyl sites for hydroxylation is 1. The fourth-order valence-corrected chi connectivity index (χ4v) is 2.61. The summed E-state index contributed by atoms with van der Waals surface area (Å²) in [6.45, 7) is 0.456. The first-order chi connectivity index (χ1) is 9.72. The van der Waals surface area contributed by atoms with Gasteiger partial charge >= 0.3 is 0 Å². The average Bonchev–Trinajstić information content (AvgIpc) is 2.51. The van der Waals surface area contributed by atoms with Gasteiger partial charge in [-0.25, -0.2) is 0 Å². The highest BCUT2D eigenvalue weighted by atomic mass is 16.1. The quantitative estimate of drug-likeness (QED) is 0.773. The molecular weight excluding hydrogens is 248 g/mol. The summed E-state index contributed by atoms with van der Waals surface area (Å²) in [4.78, 5) is 12.3. The van der Waals surface area contributed by atoms with Gasteiger partial charge in [0.1, 0.15) is 0 Å². The van der Waals surface area contributed by atoms with Crippen molar-refractivity contribution in [1.29, 1.82) is 0 Å². The maximum Gasteiger partial charge on any atom is 0.190 e. The van der Waals surface area contributed by atoms with Crippen molar-refractivity contribution in [1.82, 2.24) is 4.57 Å². The second-order valence-corrected chi connectivity index (χ2v) is 4.83. The second kappa shape index (κ2) is 4.94. The van der Waals surface area contributed by atoms with Crippen LogP contribution in [0.3, 0.4) is 0 Å². The van der Waals surface area contributed by atoms with E-state index in [2.05, 4.69) is 0 Å². The van der Waals surface area contributed by atoms with Gasteiger partial charge in [-0.05, 0) is 17.7 Å². The topological polar surface area (TPSA) is 48.0 Å². The van der Waals surface area contributed by atoms with E-state index in [1.54, 1.807) is 6.07 Å². The van der Waals surface area contributed by atoms with Gasteiger partial charge in [0, 0.05) is 30.6 Å². The van der Waals surface area contributed by atoms with Gasteiger partial charge in [-0.15, -0.1) is 0 Å². The van der Waals surface area contributed by atoms with Crippen molar-refractivity contribution in [2.24, 2.45) is 12.8 Å². The standard InChI is InChI=1S/C17H16N2O/c1-19-15-9-5-4-8-14(15)17(20)10-16(19)13-7-3-2-6-12(13)11-18/h2-10H,11,18H2,1H3. The van der Waals surface area contributed by atoms with Crippen LogP contribution in [-0.2, 0) is 13.6 Å². The minimum absolute atomic E-state index is 0.0422. The van der Waals surface area contributed by atoms with Crippen LogP contribution in [0, 0.1) is 0 Å². The van der Waals surface area contributed by atoms with Crippen molar-refractivity contribution < 1.29 is 0 Å². The largest absolute Gasteiger partial charge is 0.343 e. The van der Waals surface area contributed by atoms with Crippen molar-refractivity contribution in [3.63, 3.8) is 0 Å². The molecule has 0 bridgehead atoms. The van der Waals surface area contributed by atoms with Gasteiger partial charge in [0.2, 0.25) is 0 Å². The summed E-state index contributed by atoms with van der Waals surface area (Å²) in [5.74, 6) is 0. The molecule has 0 saturated carbocycles. The van der Waals surface area contributed by atoms with Gasteiger partial charge in [-0.1, -0.05) is 36.4 Å². The molecule has 2 aromatic carbocycles. The molecule has 0 spiro atoms. The molecule has 0 unspecified atom stereocenters. The number of fused-ring (bicyclic) bond motifs is 1. The normalized spacial score (nSPS) is 10.9. The van der Waals surface area contributed by atoms with Crippen molar-refractivity contribution in [3.8, 4) is 11.3 Å². The molecule has 0 fully saturated rings. The molecule has 3 aromatic rings. The molecule has 3 heteroatoms. The Hall–Kier alpha value is -2.39. The SMILES string of the molecule is Cn1c(-c2ccccc2CN)cc(=O)c2ccccc21. The maximum absolute atomic E-state index is 12.3. The fraction of sp³-hybridized carbons (Fsp3) is 0.118. The average molecular weight is 264 g/mol. The molecule has 1 heterocycles. The first-order valence-electron chi connectivity index (χ1n) is 6.59. The van der Waals surface area contributed by atoms with Gasteiger partial charge in [-0.3, -0.25) is 4.79 Å². The van der Waals surface area contributed by atoms with Crippen LogP contribution in [-0.4, -0.2) is 4.57 Å². The first kappa shape index (κ1) is 12.6. The Bertz CT molecular complexity index is 834. The third-order valence-corrected chi connectivity index (χ3v) is 3.67. The minimum atomic E-state index is 0.0422. The van der Waals surface area contributed by atoms with Gasteiger partial charge in [0.25, 0.3) is 0 Å². The minimum Gasteiger partial charge on any atom is -0.343 e. The van der Waals surface area contributed by atoms with Crippen LogP contribution in [0.2, 0.25) is 0 Å². The van der Waals surface area contributed by atoms with Gasteiger partial charge in [-0.2, -0.15) is 0 Å². The summed E-state index contributed by atoms with van der Waals surface area (Å²) in [6, 6.07) is 17.3. The summed E-state index contributed by atoms with van der Waals surface area (Å²) >= 11 is 0. The summed E-state index contributed by atoms with van der Waals surface area (Å²) < 4.78 is 2.05. The Labute approximate surface area is 117 Å². The van der Waals surface area contributed by atoms with E-state index in [0.717, 1.165) is 27.7 Å². The highest BCUT2D eigenvalue weighted by Crippen LogP contribution is 2.24. The van der Waals surface area contributed by atoms with Gasteiger partial charge in [0.05, 0.1) is 11.2 Å². The Morgan fingerprint density at radius 3 is 2.55 bits per heavy atom. The number of nitrogens with two attached hydrogens (primary N) is 1. The van der Waals surface area contributed by atoms with Crippen LogP contribution in [0.15, 0.2) is 59.4 Å². The summed E-state index contributed by atoms with van der Waals surface area (Å²) in [5.41, 5.74) is 9.73. The number of aromatic nitrogens is 1. The van der Waals surface area contributed by atoms with Gasteiger partial charge < -0.3 is 10.3 Å². The van der Waals surface area contributed by atoms with E-state index in [4.69, 9.17) is 5.73 Å². The molecule has 0 saturated heterocycles. The van der Waals surface area contributed by atoms with Crippen molar-refractivity contribution in [2.45, 2.75) is 6.54 Å². The Kier molecular flexibility index (Phi) is 3.12. The lowest BCUT2D eigenvalue weighted by atomic mass is 10.0. The van der Waals surface area contributed by atoms with Crippen LogP contribution < -0.4 is 11.2 Å². The molecular formula is C17H16N2O. The van der Waals surface area contributed by atoms with Gasteiger partial charge in [0.15, 0.2) is 5.43 Å². The first-order valence-corrected chi connectivity index (χ1v) is 6.59. The molecule has 0 amide bonds. The molecule has 0 aliphatic rings. The Morgan fingerprint density at radius 2 is 1.75 bits per heavy atom. The maximum atomic E-state index is 12.3. The van der Waals surface area contributed by atoms with E-state index in [-0.39, 0.29) is 5.43 Å². The molecule has 2 N–H and O–H groups in total. The zero-order valence-corrected chi connectivity index (χ0v) is 11.3. The molecule has 1 aromatic heterocycles. The van der Waals surface area contributed by atoms with E-state index in [1.807, 2.05) is 60.1 Å². The lowest BCUT2D eigenvalue weighted by Gasteiger charge is -2.15. The number of hydrogen-bond donors (Lipinski definition) is 1.